The summed E-state index contributed by atoms with van der Waals surface area (Å²) in [5.41, 5.74) is 0. The van der Waals surface area contributed by atoms with Gasteiger partial charge in [0.25, 0.3) is 0 Å². The van der Waals surface area contributed by atoms with Crippen LogP contribution in [-0.4, -0.2) is 5.78 Å². The second kappa shape index (κ2) is 6.24. The number of rotatable bonds is 2. The van der Waals surface area contributed by atoms with E-state index in [0.717, 1.165) is 8.47 Å². The van der Waals surface area contributed by atoms with Crippen LogP contribution in [0.5, 0.6) is 0 Å². The highest BCUT2D eigenvalue weighted by Gasteiger charge is 2.19. The van der Waals surface area contributed by atoms with Crippen LogP contribution >= 0.6 is 47.0 Å². The van der Waals surface area contributed by atoms with E-state index >= 15 is 0 Å². The maximum atomic E-state index is 12.3. The summed E-state index contributed by atoms with van der Waals surface area (Å²) >= 11 is 6.68. The molecule has 5 heteroatoms. The molecule has 0 atom stereocenters. The maximum Gasteiger partial charge on any atom is 0.181 e. The maximum absolute atomic E-state index is 12.3. The smallest absolute Gasteiger partial charge is 0.181 e. The van der Waals surface area contributed by atoms with Gasteiger partial charge in [-0.15, -0.1) is 0 Å². The number of ketones is 1. The minimum absolute atomic E-state index is 0.0608. The summed E-state index contributed by atoms with van der Waals surface area (Å²) in [5.74, 6) is 0.0608. The molecule has 0 saturated heterocycles. The average Bonchev–Trinajstić information content (AvgIpc) is 3.08. The van der Waals surface area contributed by atoms with Crippen molar-refractivity contribution in [3.63, 3.8) is 0 Å². The zero-order valence-electron chi connectivity index (χ0n) is 11.3. The van der Waals surface area contributed by atoms with Crippen LogP contribution in [0.3, 0.4) is 0 Å². The first-order chi connectivity index (χ1) is 10.8. The summed E-state index contributed by atoms with van der Waals surface area (Å²) in [5, 5.41) is 0. The van der Waals surface area contributed by atoms with Crippen molar-refractivity contribution in [1.82, 2.24) is 0 Å². The van der Waals surface area contributed by atoms with Crippen molar-refractivity contribution in [2.24, 2.45) is 0 Å². The highest BCUT2D eigenvalue weighted by Crippen LogP contribution is 2.52. The number of hydrogen-bond donors (Lipinski definition) is 0. The Bertz CT molecular complexity index is 701. The Kier molecular flexibility index (Phi) is 4.13. The predicted octanol–water partition coefficient (Wildman–Crippen LogP) is 6.03. The molecule has 2 aliphatic heterocycles. The van der Waals surface area contributed by atoms with E-state index in [0.29, 0.717) is 0 Å². The highest BCUT2D eigenvalue weighted by atomic mass is 32.2. The lowest BCUT2D eigenvalue weighted by Gasteiger charge is -1.94. The number of benzene rings is 2. The Labute approximate surface area is 146 Å². The summed E-state index contributed by atoms with van der Waals surface area (Å²) in [6.07, 6.45) is 3.48. The summed E-state index contributed by atoms with van der Waals surface area (Å²) < 4.78 is 2.10. The van der Waals surface area contributed by atoms with Crippen molar-refractivity contribution in [1.29, 1.82) is 0 Å². The fourth-order valence-electron chi connectivity index (χ4n) is 2.10. The molecule has 0 spiro atoms. The minimum Gasteiger partial charge on any atom is -0.290 e. The minimum atomic E-state index is 0.0608. The van der Waals surface area contributed by atoms with Crippen molar-refractivity contribution in [2.45, 2.75) is 19.6 Å². The molecule has 0 aliphatic carbocycles. The Morgan fingerprint density at radius 2 is 0.955 bits per heavy atom. The zero-order valence-corrected chi connectivity index (χ0v) is 14.6. The predicted molar refractivity (Wildman–Crippen MR) is 97.5 cm³/mol. The lowest BCUT2D eigenvalue weighted by Crippen LogP contribution is -1.86. The molecule has 0 unspecified atom stereocenters. The molecular weight excluding hydrogens is 348 g/mol. The van der Waals surface area contributed by atoms with Crippen LogP contribution in [0.25, 0.3) is 0 Å². The lowest BCUT2D eigenvalue weighted by molar-refractivity contribution is -0.110. The molecule has 0 fully saturated rings. The van der Waals surface area contributed by atoms with Crippen LogP contribution in [0.15, 0.2) is 88.7 Å². The fraction of sp³-hybridized carbons (Fsp3) is 0. The highest BCUT2D eigenvalue weighted by molar-refractivity contribution is 8.25. The van der Waals surface area contributed by atoms with Crippen molar-refractivity contribution in [3.05, 3.63) is 69.2 Å². The quantitative estimate of drug-likeness (QED) is 0.607. The first-order valence-corrected chi connectivity index (χ1v) is 9.91. The number of hydrogen-bond acceptors (Lipinski definition) is 5. The molecule has 0 amide bonds. The molecule has 4 rings (SSSR count). The van der Waals surface area contributed by atoms with Crippen LogP contribution in [0.4, 0.5) is 0 Å². The van der Waals surface area contributed by atoms with Gasteiger partial charge in [-0.05, 0) is 24.3 Å². The van der Waals surface area contributed by atoms with Crippen LogP contribution in [0, 0.1) is 0 Å². The average molecular weight is 359 g/mol. The molecule has 108 valence electrons. The Hall–Kier alpha value is -1.01. The van der Waals surface area contributed by atoms with Crippen molar-refractivity contribution in [3.8, 4) is 0 Å². The number of thioether (sulfide) groups is 4. The molecule has 0 radical (unpaired) electrons. The summed E-state index contributed by atoms with van der Waals surface area (Å²) in [7, 11) is 0. The zero-order chi connectivity index (χ0) is 14.9. The van der Waals surface area contributed by atoms with Gasteiger partial charge in [0.1, 0.15) is 0 Å². The third-order valence-electron chi connectivity index (χ3n) is 3.06. The van der Waals surface area contributed by atoms with E-state index in [2.05, 4.69) is 24.3 Å². The Morgan fingerprint density at radius 1 is 0.636 bits per heavy atom. The van der Waals surface area contributed by atoms with Gasteiger partial charge < -0.3 is 0 Å². The second-order valence-corrected chi connectivity index (χ2v) is 9.48. The molecule has 2 heterocycles. The molecule has 0 aromatic heterocycles. The third-order valence-corrected chi connectivity index (χ3v) is 7.90. The molecule has 22 heavy (non-hydrogen) atoms. The van der Waals surface area contributed by atoms with Crippen molar-refractivity contribution in [2.75, 3.05) is 0 Å². The van der Waals surface area contributed by atoms with Gasteiger partial charge in [-0.25, -0.2) is 0 Å². The van der Waals surface area contributed by atoms with Gasteiger partial charge in [0.05, 0.1) is 8.47 Å². The normalized spacial score (nSPS) is 15.5. The Balaban J connectivity index is 1.49. The van der Waals surface area contributed by atoms with Crippen LogP contribution in [-0.2, 0) is 4.79 Å². The fourth-order valence-corrected chi connectivity index (χ4v) is 6.84. The molecule has 2 aromatic carbocycles. The van der Waals surface area contributed by atoms with E-state index in [-0.39, 0.29) is 5.78 Å². The summed E-state index contributed by atoms with van der Waals surface area (Å²) in [6.45, 7) is 0. The largest absolute Gasteiger partial charge is 0.290 e. The van der Waals surface area contributed by atoms with Crippen molar-refractivity contribution < 1.29 is 4.79 Å². The van der Waals surface area contributed by atoms with Crippen LogP contribution < -0.4 is 0 Å². The summed E-state index contributed by atoms with van der Waals surface area (Å²) in [4.78, 5) is 17.2. The molecule has 0 bridgehead atoms. The monoisotopic (exact) mass is 358 g/mol. The van der Waals surface area contributed by atoms with Gasteiger partial charge in [0.15, 0.2) is 5.78 Å². The first-order valence-electron chi connectivity index (χ1n) is 6.65. The SMILES string of the molecule is O=C(C=C1Sc2ccccc2S1)C=C1Sc2ccccc2S1. The summed E-state index contributed by atoms with van der Waals surface area (Å²) in [6, 6.07) is 16.5. The topological polar surface area (TPSA) is 17.1 Å². The van der Waals surface area contributed by atoms with E-state index in [9.17, 15) is 4.79 Å². The van der Waals surface area contributed by atoms with E-state index in [1.807, 2.05) is 24.3 Å². The number of fused-ring (bicyclic) bond motifs is 2. The van der Waals surface area contributed by atoms with Gasteiger partial charge in [-0.1, -0.05) is 71.3 Å². The molecule has 2 aromatic rings. The first kappa shape index (κ1) is 14.6. The number of carbonyl (C=O) groups excluding carboxylic acids is 1. The van der Waals surface area contributed by atoms with Crippen LogP contribution in [0.1, 0.15) is 0 Å². The molecule has 2 aliphatic rings. The van der Waals surface area contributed by atoms with Gasteiger partial charge >= 0.3 is 0 Å². The lowest BCUT2D eigenvalue weighted by atomic mass is 10.4. The number of carbonyl (C=O) groups is 1. The van der Waals surface area contributed by atoms with Gasteiger partial charge in [0, 0.05) is 31.7 Å². The molecule has 0 N–H and O–H groups in total. The standard InChI is InChI=1S/C17H10OS4/c18-11(9-16-19-12-5-1-2-6-13(12)20-16)10-17-21-14-7-3-4-8-15(14)22-17/h1-10H. The Morgan fingerprint density at radius 3 is 1.27 bits per heavy atom. The third kappa shape index (κ3) is 3.04. The van der Waals surface area contributed by atoms with Gasteiger partial charge in [-0.3, -0.25) is 4.79 Å². The van der Waals surface area contributed by atoms with Gasteiger partial charge in [0.2, 0.25) is 0 Å². The van der Waals surface area contributed by atoms with E-state index in [1.54, 1.807) is 59.2 Å². The van der Waals surface area contributed by atoms with E-state index in [4.69, 9.17) is 0 Å². The van der Waals surface area contributed by atoms with E-state index in [1.165, 1.54) is 19.6 Å². The van der Waals surface area contributed by atoms with Crippen LogP contribution in [0.2, 0.25) is 0 Å². The molecule has 0 saturated carbocycles. The van der Waals surface area contributed by atoms with Crippen molar-refractivity contribution >= 4 is 52.8 Å². The number of allylic oxidation sites excluding steroid dienone is 2. The second-order valence-electron chi connectivity index (χ2n) is 4.63. The van der Waals surface area contributed by atoms with Gasteiger partial charge in [-0.2, -0.15) is 0 Å². The molecule has 1 nitrogen and oxygen atoms in total. The molecular formula is C17H10OS4. The van der Waals surface area contributed by atoms with E-state index < -0.39 is 0 Å².